The second kappa shape index (κ2) is 4.98. The maximum Gasteiger partial charge on any atom is 0.329 e. The lowest BCUT2D eigenvalue weighted by atomic mass is 10.1. The summed E-state index contributed by atoms with van der Waals surface area (Å²) in [5.41, 5.74) is 1.23. The Morgan fingerprint density at radius 1 is 1.60 bits per heavy atom. The number of hydrogen-bond donors (Lipinski definition) is 2. The van der Waals surface area contributed by atoms with Crippen molar-refractivity contribution in [1.82, 2.24) is 5.32 Å². The van der Waals surface area contributed by atoms with E-state index in [1.807, 2.05) is 6.92 Å². The minimum absolute atomic E-state index is 0.144. The van der Waals surface area contributed by atoms with E-state index in [0.717, 1.165) is 6.08 Å². The molecule has 1 unspecified atom stereocenters. The van der Waals surface area contributed by atoms with Crippen LogP contribution < -0.4 is 5.32 Å². The molecule has 82 valence electrons. The molecule has 0 aliphatic carbocycles. The van der Waals surface area contributed by atoms with Gasteiger partial charge in [0.15, 0.2) is 0 Å². The number of rotatable bonds is 4. The van der Waals surface area contributed by atoms with Gasteiger partial charge in [-0.2, -0.15) is 0 Å². The van der Waals surface area contributed by atoms with E-state index >= 15 is 0 Å². The Labute approximate surface area is 93.4 Å². The highest BCUT2D eigenvalue weighted by atomic mass is 32.1. The molecule has 1 aromatic heterocycles. The topological polar surface area (TPSA) is 49.3 Å². The molecule has 0 fully saturated rings. The second-order valence-electron chi connectivity index (χ2n) is 3.43. The zero-order valence-electron chi connectivity index (χ0n) is 9.07. The fourth-order valence-electron chi connectivity index (χ4n) is 1.43. The van der Waals surface area contributed by atoms with Crippen molar-refractivity contribution >= 4 is 17.3 Å². The van der Waals surface area contributed by atoms with Gasteiger partial charge in [0.2, 0.25) is 0 Å². The van der Waals surface area contributed by atoms with Crippen LogP contribution in [0.4, 0.5) is 0 Å². The highest BCUT2D eigenvalue weighted by Gasteiger charge is 2.08. The lowest BCUT2D eigenvalue weighted by Gasteiger charge is -2.10. The summed E-state index contributed by atoms with van der Waals surface area (Å²) in [6.07, 6.45) is 2.57. The van der Waals surface area contributed by atoms with Crippen LogP contribution in [0.2, 0.25) is 0 Å². The van der Waals surface area contributed by atoms with Gasteiger partial charge in [0.1, 0.15) is 0 Å². The molecule has 1 aromatic rings. The first-order valence-corrected chi connectivity index (χ1v) is 5.55. The molecule has 0 aromatic carbocycles. The molecule has 0 amide bonds. The lowest BCUT2D eigenvalue weighted by Crippen LogP contribution is -2.12. The van der Waals surface area contributed by atoms with E-state index in [0.29, 0.717) is 0 Å². The van der Waals surface area contributed by atoms with Crippen molar-refractivity contribution in [2.24, 2.45) is 0 Å². The molecular formula is C11H15NO2S. The van der Waals surface area contributed by atoms with Crippen LogP contribution in [0.5, 0.6) is 0 Å². The number of carboxylic acids is 1. The number of hydrogen-bond acceptors (Lipinski definition) is 3. The first kappa shape index (κ1) is 11.8. The monoisotopic (exact) mass is 225 g/mol. The lowest BCUT2D eigenvalue weighted by molar-refractivity contribution is -0.131. The van der Waals surface area contributed by atoms with Crippen molar-refractivity contribution in [3.63, 3.8) is 0 Å². The van der Waals surface area contributed by atoms with Crippen molar-refractivity contribution in [2.75, 3.05) is 0 Å². The number of aryl methyl sites for hydroxylation is 2. The van der Waals surface area contributed by atoms with E-state index < -0.39 is 5.97 Å². The summed E-state index contributed by atoms with van der Waals surface area (Å²) in [5, 5.41) is 11.5. The predicted molar refractivity (Wildman–Crippen MR) is 62.1 cm³/mol. The predicted octanol–water partition coefficient (Wildman–Crippen LogP) is 2.61. The summed E-state index contributed by atoms with van der Waals surface area (Å²) in [4.78, 5) is 12.8. The molecular weight excluding hydrogens is 210 g/mol. The van der Waals surface area contributed by atoms with E-state index in [-0.39, 0.29) is 6.04 Å². The molecule has 0 aliphatic heterocycles. The zero-order chi connectivity index (χ0) is 11.4. The molecule has 15 heavy (non-hydrogen) atoms. The van der Waals surface area contributed by atoms with Gasteiger partial charge in [0.05, 0.1) is 0 Å². The summed E-state index contributed by atoms with van der Waals surface area (Å²) in [6, 6.07) is 2.28. The Kier molecular flexibility index (Phi) is 3.91. The molecule has 1 atom stereocenters. The van der Waals surface area contributed by atoms with Gasteiger partial charge < -0.3 is 10.4 Å². The molecule has 2 N–H and O–H groups in total. The van der Waals surface area contributed by atoms with Gasteiger partial charge in [0, 0.05) is 28.1 Å². The standard InChI is InChI=1S/C11H15NO2S/c1-7-6-10(9(3)15-7)8(2)12-5-4-11(13)14/h4-6,8,12H,1-3H3,(H,13,14)/b5-4+. The molecule has 4 heteroatoms. The van der Waals surface area contributed by atoms with Crippen molar-refractivity contribution in [3.8, 4) is 0 Å². The first-order valence-electron chi connectivity index (χ1n) is 4.73. The van der Waals surface area contributed by atoms with Crippen molar-refractivity contribution in [3.05, 3.63) is 33.7 Å². The molecule has 0 aliphatic rings. The van der Waals surface area contributed by atoms with Crippen LogP contribution in [0, 0.1) is 13.8 Å². The Morgan fingerprint density at radius 3 is 2.73 bits per heavy atom. The fraction of sp³-hybridized carbons (Fsp3) is 0.364. The third-order valence-electron chi connectivity index (χ3n) is 2.12. The summed E-state index contributed by atoms with van der Waals surface area (Å²) in [7, 11) is 0. The van der Waals surface area contributed by atoms with E-state index in [9.17, 15) is 4.79 Å². The van der Waals surface area contributed by atoms with Crippen LogP contribution in [0.3, 0.4) is 0 Å². The van der Waals surface area contributed by atoms with Gasteiger partial charge in [-0.05, 0) is 32.4 Å². The van der Waals surface area contributed by atoms with Crippen LogP contribution in [0.25, 0.3) is 0 Å². The molecule has 0 saturated carbocycles. The third kappa shape index (κ3) is 3.40. The van der Waals surface area contributed by atoms with Gasteiger partial charge in [0.25, 0.3) is 0 Å². The second-order valence-corrected chi connectivity index (χ2v) is 4.89. The van der Waals surface area contributed by atoms with Crippen molar-refractivity contribution in [1.29, 1.82) is 0 Å². The SMILES string of the molecule is Cc1cc(C(C)N/C=C/C(=O)O)c(C)s1. The number of aliphatic carboxylic acids is 1. The largest absolute Gasteiger partial charge is 0.478 e. The maximum atomic E-state index is 10.3. The van der Waals surface area contributed by atoms with Gasteiger partial charge in [-0.3, -0.25) is 0 Å². The van der Waals surface area contributed by atoms with Crippen molar-refractivity contribution < 1.29 is 9.90 Å². The zero-order valence-corrected chi connectivity index (χ0v) is 9.89. The number of nitrogens with one attached hydrogen (secondary N) is 1. The van der Waals surface area contributed by atoms with E-state index in [1.54, 1.807) is 11.3 Å². The minimum Gasteiger partial charge on any atom is -0.478 e. The minimum atomic E-state index is -0.937. The Bertz CT molecular complexity index is 382. The van der Waals surface area contributed by atoms with Crippen LogP contribution in [0.15, 0.2) is 18.3 Å². The molecule has 0 radical (unpaired) electrons. The Hall–Kier alpha value is -1.29. The quantitative estimate of drug-likeness (QED) is 0.774. The molecule has 0 bridgehead atoms. The maximum absolute atomic E-state index is 10.3. The average molecular weight is 225 g/mol. The summed E-state index contributed by atoms with van der Waals surface area (Å²) in [6.45, 7) is 6.16. The third-order valence-corrected chi connectivity index (χ3v) is 3.10. The van der Waals surface area contributed by atoms with E-state index in [2.05, 4.69) is 25.2 Å². The van der Waals surface area contributed by atoms with Crippen molar-refractivity contribution in [2.45, 2.75) is 26.8 Å². The molecule has 0 saturated heterocycles. The smallest absolute Gasteiger partial charge is 0.329 e. The van der Waals surface area contributed by atoms with E-state index in [4.69, 9.17) is 5.11 Å². The van der Waals surface area contributed by atoms with Gasteiger partial charge in [-0.15, -0.1) is 11.3 Å². The van der Waals surface area contributed by atoms with Gasteiger partial charge in [-0.25, -0.2) is 4.79 Å². The van der Waals surface area contributed by atoms with E-state index in [1.165, 1.54) is 21.5 Å². The van der Waals surface area contributed by atoms with Crippen LogP contribution in [-0.2, 0) is 4.79 Å². The Morgan fingerprint density at radius 2 is 2.27 bits per heavy atom. The first-order chi connectivity index (χ1) is 7.00. The average Bonchev–Trinajstić information content (AvgIpc) is 2.44. The van der Waals surface area contributed by atoms with Gasteiger partial charge in [-0.1, -0.05) is 0 Å². The normalized spacial score (nSPS) is 13.0. The Balaban J connectivity index is 2.65. The number of carbonyl (C=O) groups is 1. The van der Waals surface area contributed by atoms with Crippen LogP contribution >= 0.6 is 11.3 Å². The van der Waals surface area contributed by atoms with Crippen LogP contribution in [0.1, 0.15) is 28.3 Å². The summed E-state index contributed by atoms with van der Waals surface area (Å²) < 4.78 is 0. The molecule has 1 heterocycles. The summed E-state index contributed by atoms with van der Waals surface area (Å²) >= 11 is 1.76. The molecule has 3 nitrogen and oxygen atoms in total. The fourth-order valence-corrected chi connectivity index (χ4v) is 2.46. The summed E-state index contributed by atoms with van der Waals surface area (Å²) in [5.74, 6) is -0.937. The molecule has 1 rings (SSSR count). The number of thiophene rings is 1. The highest BCUT2D eigenvalue weighted by Crippen LogP contribution is 2.25. The highest BCUT2D eigenvalue weighted by molar-refractivity contribution is 7.12. The van der Waals surface area contributed by atoms with Crippen LogP contribution in [-0.4, -0.2) is 11.1 Å². The molecule has 0 spiro atoms. The van der Waals surface area contributed by atoms with Gasteiger partial charge >= 0.3 is 5.97 Å². The number of carboxylic acid groups (broad SMARTS) is 1.